The molecular weight excluding hydrogens is 214 g/mol. The second-order valence-corrected chi connectivity index (χ2v) is 4.55. The summed E-state index contributed by atoms with van der Waals surface area (Å²) in [5.74, 6) is 0. The van der Waals surface area contributed by atoms with Gasteiger partial charge in [0.15, 0.2) is 0 Å². The van der Waals surface area contributed by atoms with Crippen LogP contribution in [0.15, 0.2) is 24.7 Å². The highest BCUT2D eigenvalue weighted by atomic mass is 16.3. The lowest BCUT2D eigenvalue weighted by atomic mass is 9.95. The molecule has 0 spiro atoms. The van der Waals surface area contributed by atoms with E-state index in [1.165, 1.54) is 5.69 Å². The summed E-state index contributed by atoms with van der Waals surface area (Å²) in [6.07, 6.45) is 8.64. The maximum Gasteiger partial charge on any atom is 0.0835 e. The van der Waals surface area contributed by atoms with E-state index in [9.17, 15) is 5.11 Å². The Morgan fingerprint density at radius 2 is 2.41 bits per heavy atom. The van der Waals surface area contributed by atoms with Crippen molar-refractivity contribution in [2.24, 2.45) is 0 Å². The fourth-order valence-corrected chi connectivity index (χ4v) is 2.56. The molecule has 0 aromatic carbocycles. The van der Waals surface area contributed by atoms with Crippen molar-refractivity contribution in [3.8, 4) is 5.69 Å². The van der Waals surface area contributed by atoms with Crippen molar-refractivity contribution in [3.63, 3.8) is 0 Å². The van der Waals surface area contributed by atoms with Crippen molar-refractivity contribution < 1.29 is 5.11 Å². The summed E-state index contributed by atoms with van der Waals surface area (Å²) in [6, 6.07) is 2.03. The van der Waals surface area contributed by atoms with Crippen LogP contribution in [0.5, 0.6) is 0 Å². The molecule has 4 heteroatoms. The van der Waals surface area contributed by atoms with Crippen LogP contribution in [0.1, 0.15) is 37.1 Å². The molecule has 0 saturated carbocycles. The van der Waals surface area contributed by atoms with E-state index >= 15 is 0 Å². The fraction of sp³-hybridized carbons (Fsp3) is 0.462. The van der Waals surface area contributed by atoms with Crippen LogP contribution in [0.3, 0.4) is 0 Å². The molecule has 1 atom stereocenters. The maximum absolute atomic E-state index is 9.94. The number of hydrogen-bond donors (Lipinski definition) is 1. The van der Waals surface area contributed by atoms with Crippen LogP contribution in [0.2, 0.25) is 0 Å². The molecule has 0 amide bonds. The van der Waals surface area contributed by atoms with E-state index in [0.29, 0.717) is 0 Å². The van der Waals surface area contributed by atoms with Crippen LogP contribution in [-0.4, -0.2) is 19.5 Å². The first kappa shape index (κ1) is 10.6. The van der Waals surface area contributed by atoms with E-state index in [0.717, 1.165) is 37.1 Å². The zero-order valence-corrected chi connectivity index (χ0v) is 10.0. The molecule has 0 bridgehead atoms. The van der Waals surface area contributed by atoms with Crippen molar-refractivity contribution in [2.45, 2.75) is 38.8 Å². The normalized spacial score (nSPS) is 19.3. The molecule has 17 heavy (non-hydrogen) atoms. The maximum atomic E-state index is 9.94. The number of nitrogens with zero attached hydrogens (tertiary/aromatic N) is 3. The van der Waals surface area contributed by atoms with Crippen LogP contribution in [-0.2, 0) is 13.0 Å². The molecule has 3 rings (SSSR count). The topological polar surface area (TPSA) is 43.0 Å². The molecule has 2 aromatic heterocycles. The lowest BCUT2D eigenvalue weighted by Crippen LogP contribution is -2.10. The first-order valence-corrected chi connectivity index (χ1v) is 6.20. The molecule has 0 radical (unpaired) electrons. The predicted molar refractivity (Wildman–Crippen MR) is 65.1 cm³/mol. The van der Waals surface area contributed by atoms with Gasteiger partial charge in [0.05, 0.1) is 18.0 Å². The van der Waals surface area contributed by atoms with Gasteiger partial charge in [-0.3, -0.25) is 4.68 Å². The van der Waals surface area contributed by atoms with Crippen LogP contribution in [0, 0.1) is 0 Å². The van der Waals surface area contributed by atoms with E-state index in [1.54, 1.807) is 0 Å². The number of aliphatic hydroxyl groups excluding tert-OH is 1. The van der Waals surface area contributed by atoms with Gasteiger partial charge in [0.2, 0.25) is 0 Å². The third kappa shape index (κ3) is 1.69. The molecule has 0 saturated heterocycles. The summed E-state index contributed by atoms with van der Waals surface area (Å²) in [6.45, 7) is 2.96. The van der Waals surface area contributed by atoms with Gasteiger partial charge in [-0.25, -0.2) is 0 Å². The minimum atomic E-state index is -0.291. The predicted octanol–water partition coefficient (Wildman–Crippen LogP) is 2.06. The largest absolute Gasteiger partial charge is 0.388 e. The summed E-state index contributed by atoms with van der Waals surface area (Å²) >= 11 is 0. The quantitative estimate of drug-likeness (QED) is 0.859. The van der Waals surface area contributed by atoms with Crippen molar-refractivity contribution >= 4 is 0 Å². The monoisotopic (exact) mass is 231 g/mol. The Bertz CT molecular complexity index is 527. The van der Waals surface area contributed by atoms with Crippen molar-refractivity contribution in [1.82, 2.24) is 14.3 Å². The van der Waals surface area contributed by atoms with Crippen molar-refractivity contribution in [2.75, 3.05) is 0 Å². The first-order chi connectivity index (χ1) is 8.29. The fourth-order valence-electron chi connectivity index (χ4n) is 2.56. The highest BCUT2D eigenvalue weighted by molar-refractivity contribution is 5.37. The molecule has 0 fully saturated rings. The molecule has 0 aliphatic heterocycles. The number of aryl methyl sites for hydroxylation is 1. The number of rotatable bonds is 2. The van der Waals surface area contributed by atoms with Gasteiger partial charge < -0.3 is 9.67 Å². The first-order valence-electron chi connectivity index (χ1n) is 6.20. The summed E-state index contributed by atoms with van der Waals surface area (Å²) in [4.78, 5) is 0. The smallest absolute Gasteiger partial charge is 0.0835 e. The van der Waals surface area contributed by atoms with E-state index < -0.39 is 0 Å². The van der Waals surface area contributed by atoms with Crippen LogP contribution in [0.25, 0.3) is 5.69 Å². The van der Waals surface area contributed by atoms with E-state index in [2.05, 4.69) is 16.6 Å². The Labute approximate surface area is 100 Å². The van der Waals surface area contributed by atoms with Crippen LogP contribution in [0.4, 0.5) is 0 Å². The van der Waals surface area contributed by atoms with Gasteiger partial charge in [-0.1, -0.05) is 0 Å². The number of aromatic nitrogens is 3. The van der Waals surface area contributed by atoms with Gasteiger partial charge in [0.25, 0.3) is 0 Å². The number of hydrogen-bond acceptors (Lipinski definition) is 2. The van der Waals surface area contributed by atoms with Crippen LogP contribution < -0.4 is 0 Å². The molecule has 2 heterocycles. The summed E-state index contributed by atoms with van der Waals surface area (Å²) in [5, 5.41) is 14.2. The average Bonchev–Trinajstić information content (AvgIpc) is 2.94. The summed E-state index contributed by atoms with van der Waals surface area (Å²) in [7, 11) is 0. The molecule has 90 valence electrons. The van der Waals surface area contributed by atoms with Gasteiger partial charge in [-0.2, -0.15) is 5.10 Å². The highest BCUT2D eigenvalue weighted by Gasteiger charge is 2.21. The minimum absolute atomic E-state index is 0.291. The Morgan fingerprint density at radius 1 is 1.53 bits per heavy atom. The van der Waals surface area contributed by atoms with Gasteiger partial charge >= 0.3 is 0 Å². The Kier molecular flexibility index (Phi) is 2.52. The van der Waals surface area contributed by atoms with Gasteiger partial charge in [0.1, 0.15) is 0 Å². The van der Waals surface area contributed by atoms with Gasteiger partial charge in [0, 0.05) is 30.2 Å². The van der Waals surface area contributed by atoms with E-state index in [-0.39, 0.29) is 6.10 Å². The molecule has 1 aliphatic rings. The zero-order chi connectivity index (χ0) is 11.8. The van der Waals surface area contributed by atoms with Gasteiger partial charge in [-0.05, 0) is 32.3 Å². The summed E-state index contributed by atoms with van der Waals surface area (Å²) < 4.78 is 4.07. The highest BCUT2D eigenvalue weighted by Crippen LogP contribution is 2.31. The molecule has 1 N–H and O–H groups in total. The van der Waals surface area contributed by atoms with Crippen LogP contribution >= 0.6 is 0 Å². The Balaban J connectivity index is 2.03. The van der Waals surface area contributed by atoms with Crippen molar-refractivity contribution in [3.05, 3.63) is 35.9 Å². The Hall–Kier alpha value is -1.55. The number of fused-ring (bicyclic) bond motifs is 1. The average molecular weight is 231 g/mol. The standard InChI is InChI=1S/C13H17N3O/c1-2-15-9-10(8-14-15)16-7-6-11-12(16)4-3-5-13(11)17/h6-9,13,17H,2-5H2,1H3. The molecule has 1 aliphatic carbocycles. The zero-order valence-electron chi connectivity index (χ0n) is 10.0. The lowest BCUT2D eigenvalue weighted by molar-refractivity contribution is 0.156. The third-order valence-electron chi connectivity index (χ3n) is 3.50. The third-order valence-corrected chi connectivity index (χ3v) is 3.50. The second-order valence-electron chi connectivity index (χ2n) is 4.55. The minimum Gasteiger partial charge on any atom is -0.388 e. The molecule has 1 unspecified atom stereocenters. The second kappa shape index (κ2) is 4.04. The van der Waals surface area contributed by atoms with Gasteiger partial charge in [-0.15, -0.1) is 0 Å². The number of aliphatic hydroxyl groups is 1. The van der Waals surface area contributed by atoms with Crippen molar-refractivity contribution in [1.29, 1.82) is 0 Å². The Morgan fingerprint density at radius 3 is 3.18 bits per heavy atom. The molecular formula is C13H17N3O. The van der Waals surface area contributed by atoms with E-state index in [1.807, 2.05) is 29.3 Å². The van der Waals surface area contributed by atoms with E-state index in [4.69, 9.17) is 0 Å². The molecule has 4 nitrogen and oxygen atoms in total. The molecule has 2 aromatic rings. The lowest BCUT2D eigenvalue weighted by Gasteiger charge is -2.19. The summed E-state index contributed by atoms with van der Waals surface area (Å²) in [5.41, 5.74) is 3.40. The SMILES string of the molecule is CCn1cc(-n2ccc3c2CCCC3O)cn1.